The number of likely N-dealkylation sites (tertiary alicyclic amines) is 1. The van der Waals surface area contributed by atoms with Crippen LogP contribution in [0.25, 0.3) is 11.1 Å². The summed E-state index contributed by atoms with van der Waals surface area (Å²) in [5, 5.41) is 8.92. The van der Waals surface area contributed by atoms with Crippen molar-refractivity contribution in [3.8, 4) is 17.3 Å². The Bertz CT molecular complexity index is 749. The van der Waals surface area contributed by atoms with Crippen molar-refractivity contribution in [3.63, 3.8) is 0 Å². The molecule has 1 aliphatic heterocycles. The Balaban J connectivity index is 1.55. The molecule has 2 aromatic rings. The van der Waals surface area contributed by atoms with E-state index >= 15 is 0 Å². The largest absolute Gasteiger partial charge is 0.345 e. The Hall–Kier alpha value is -2.80. The second kappa shape index (κ2) is 7.85. The van der Waals surface area contributed by atoms with E-state index in [2.05, 4.69) is 30.5 Å². The minimum Gasteiger partial charge on any atom is -0.345 e. The molecule has 1 amide bonds. The number of nitriles is 1. The zero-order valence-corrected chi connectivity index (χ0v) is 14.6. The van der Waals surface area contributed by atoms with Crippen molar-refractivity contribution >= 4 is 5.91 Å². The van der Waals surface area contributed by atoms with Crippen LogP contribution in [0, 0.1) is 17.4 Å². The van der Waals surface area contributed by atoms with Crippen LogP contribution in [-0.2, 0) is 11.2 Å². The molecule has 1 fully saturated rings. The molecule has 25 heavy (non-hydrogen) atoms. The molecule has 0 aromatic heterocycles. The van der Waals surface area contributed by atoms with E-state index in [0.29, 0.717) is 12.3 Å². The third kappa shape index (κ3) is 4.39. The molecule has 4 heteroatoms. The number of benzene rings is 2. The first-order valence-corrected chi connectivity index (χ1v) is 8.68. The fourth-order valence-corrected chi connectivity index (χ4v) is 3.32. The summed E-state index contributed by atoms with van der Waals surface area (Å²) in [5.74, 6) is 0.525. The van der Waals surface area contributed by atoms with E-state index in [-0.39, 0.29) is 5.91 Å². The molecule has 0 N–H and O–H groups in total. The second-order valence-electron chi connectivity index (χ2n) is 6.71. The third-order valence-electron chi connectivity index (χ3n) is 4.80. The number of hydrogen-bond acceptors (Lipinski definition) is 3. The zero-order chi connectivity index (χ0) is 17.6. The van der Waals surface area contributed by atoms with Crippen LogP contribution in [0.3, 0.4) is 0 Å². The van der Waals surface area contributed by atoms with E-state index in [1.54, 1.807) is 9.80 Å². The maximum Gasteiger partial charge on any atom is 0.226 e. The lowest BCUT2D eigenvalue weighted by atomic mass is 10.0. The Labute approximate surface area is 149 Å². The van der Waals surface area contributed by atoms with Crippen molar-refractivity contribution in [2.45, 2.75) is 12.8 Å². The third-order valence-corrected chi connectivity index (χ3v) is 4.80. The Morgan fingerprint density at radius 2 is 1.84 bits per heavy atom. The minimum absolute atomic E-state index is 0.128. The van der Waals surface area contributed by atoms with Gasteiger partial charge in [-0.05, 0) is 29.0 Å². The predicted octanol–water partition coefficient (Wildman–Crippen LogP) is 3.16. The van der Waals surface area contributed by atoms with Crippen LogP contribution in [0.5, 0.6) is 0 Å². The highest BCUT2D eigenvalue weighted by Gasteiger charge is 2.24. The summed E-state index contributed by atoms with van der Waals surface area (Å²) in [6, 6.07) is 18.4. The Morgan fingerprint density at radius 3 is 2.48 bits per heavy atom. The van der Waals surface area contributed by atoms with Crippen LogP contribution in [0.1, 0.15) is 12.0 Å². The van der Waals surface area contributed by atoms with Crippen LogP contribution >= 0.6 is 0 Å². The van der Waals surface area contributed by atoms with Crippen LogP contribution < -0.4 is 0 Å². The number of amides is 1. The highest BCUT2D eigenvalue weighted by Crippen LogP contribution is 2.20. The molecule has 0 radical (unpaired) electrons. The standard InChI is InChI=1S/C21H23N3O/c1-23(14-18-11-12-24(15-18)16-22)21(25)13-17-7-9-20(10-8-17)19-5-3-2-4-6-19/h2-10,18H,11-15H2,1H3. The minimum atomic E-state index is 0.128. The van der Waals surface area contributed by atoms with Gasteiger partial charge in [0.2, 0.25) is 5.91 Å². The molecule has 0 spiro atoms. The van der Waals surface area contributed by atoms with E-state index in [1.807, 2.05) is 37.4 Å². The fourth-order valence-electron chi connectivity index (χ4n) is 3.32. The van der Waals surface area contributed by atoms with Gasteiger partial charge in [-0.3, -0.25) is 4.79 Å². The highest BCUT2D eigenvalue weighted by molar-refractivity contribution is 5.78. The maximum absolute atomic E-state index is 12.5. The summed E-state index contributed by atoms with van der Waals surface area (Å²) in [4.78, 5) is 16.0. The van der Waals surface area contributed by atoms with Gasteiger partial charge in [-0.15, -0.1) is 0 Å². The maximum atomic E-state index is 12.5. The molecule has 0 aliphatic carbocycles. The quantitative estimate of drug-likeness (QED) is 0.790. The van der Waals surface area contributed by atoms with Crippen molar-refractivity contribution < 1.29 is 4.79 Å². The first-order chi connectivity index (χ1) is 12.2. The molecule has 1 unspecified atom stereocenters. The molecule has 2 aromatic carbocycles. The van der Waals surface area contributed by atoms with E-state index in [1.165, 1.54) is 5.56 Å². The van der Waals surface area contributed by atoms with Crippen LogP contribution in [0.4, 0.5) is 0 Å². The smallest absolute Gasteiger partial charge is 0.226 e. The van der Waals surface area contributed by atoms with Crippen molar-refractivity contribution in [1.29, 1.82) is 5.26 Å². The normalized spacial score (nSPS) is 16.5. The SMILES string of the molecule is CN(CC1CCN(C#N)C1)C(=O)Cc1ccc(-c2ccccc2)cc1. The van der Waals surface area contributed by atoms with E-state index in [9.17, 15) is 4.79 Å². The van der Waals surface area contributed by atoms with Gasteiger partial charge in [0.25, 0.3) is 0 Å². The average molecular weight is 333 g/mol. The average Bonchev–Trinajstić information content (AvgIpc) is 3.10. The fraction of sp³-hybridized carbons (Fsp3) is 0.333. The molecule has 128 valence electrons. The molecule has 0 bridgehead atoms. The van der Waals surface area contributed by atoms with Gasteiger partial charge in [0.05, 0.1) is 6.42 Å². The molecular weight excluding hydrogens is 310 g/mol. The molecule has 3 rings (SSSR count). The molecule has 4 nitrogen and oxygen atoms in total. The van der Waals surface area contributed by atoms with Gasteiger partial charge in [-0.25, -0.2) is 0 Å². The number of hydrogen-bond donors (Lipinski definition) is 0. The monoisotopic (exact) mass is 333 g/mol. The molecule has 1 saturated heterocycles. The number of likely N-dealkylation sites (N-methyl/N-ethyl adjacent to an activating group) is 1. The molecule has 1 atom stereocenters. The lowest BCUT2D eigenvalue weighted by Crippen LogP contribution is -2.33. The van der Waals surface area contributed by atoms with Gasteiger partial charge in [0.15, 0.2) is 6.19 Å². The van der Waals surface area contributed by atoms with Crippen LogP contribution in [-0.4, -0.2) is 42.4 Å². The molecule has 0 saturated carbocycles. The topological polar surface area (TPSA) is 47.3 Å². The summed E-state index contributed by atoms with van der Waals surface area (Å²) in [7, 11) is 1.86. The second-order valence-corrected chi connectivity index (χ2v) is 6.71. The summed E-state index contributed by atoms with van der Waals surface area (Å²) >= 11 is 0. The summed E-state index contributed by atoms with van der Waals surface area (Å²) in [6.45, 7) is 2.29. The van der Waals surface area contributed by atoms with Gasteiger partial charge >= 0.3 is 0 Å². The number of nitrogens with zero attached hydrogens (tertiary/aromatic N) is 3. The Kier molecular flexibility index (Phi) is 5.35. The van der Waals surface area contributed by atoms with Gasteiger partial charge in [0.1, 0.15) is 0 Å². The lowest BCUT2D eigenvalue weighted by molar-refractivity contribution is -0.129. The molecule has 1 heterocycles. The van der Waals surface area contributed by atoms with Crippen LogP contribution in [0.15, 0.2) is 54.6 Å². The first-order valence-electron chi connectivity index (χ1n) is 8.68. The van der Waals surface area contributed by atoms with Crippen LogP contribution in [0.2, 0.25) is 0 Å². The van der Waals surface area contributed by atoms with Crippen molar-refractivity contribution in [2.24, 2.45) is 5.92 Å². The van der Waals surface area contributed by atoms with Gasteiger partial charge < -0.3 is 9.80 Å². The van der Waals surface area contributed by atoms with Crippen molar-refractivity contribution in [1.82, 2.24) is 9.80 Å². The Morgan fingerprint density at radius 1 is 1.16 bits per heavy atom. The van der Waals surface area contributed by atoms with Gasteiger partial charge in [-0.1, -0.05) is 54.6 Å². The van der Waals surface area contributed by atoms with Gasteiger partial charge in [-0.2, -0.15) is 5.26 Å². The van der Waals surface area contributed by atoms with Gasteiger partial charge in [0, 0.05) is 26.7 Å². The van der Waals surface area contributed by atoms with Crippen molar-refractivity contribution in [2.75, 3.05) is 26.7 Å². The number of rotatable bonds is 5. The van der Waals surface area contributed by atoms with E-state index < -0.39 is 0 Å². The number of carbonyl (C=O) groups excluding carboxylic acids is 1. The summed E-state index contributed by atoms with van der Waals surface area (Å²) in [6.07, 6.45) is 3.58. The number of carbonyl (C=O) groups is 1. The van der Waals surface area contributed by atoms with E-state index in [4.69, 9.17) is 5.26 Å². The lowest BCUT2D eigenvalue weighted by Gasteiger charge is -2.21. The highest BCUT2D eigenvalue weighted by atomic mass is 16.2. The zero-order valence-electron chi connectivity index (χ0n) is 14.6. The van der Waals surface area contributed by atoms with Crippen molar-refractivity contribution in [3.05, 3.63) is 60.2 Å². The van der Waals surface area contributed by atoms with E-state index in [0.717, 1.165) is 37.2 Å². The molecular formula is C21H23N3O. The molecule has 1 aliphatic rings. The summed E-state index contributed by atoms with van der Waals surface area (Å²) in [5.41, 5.74) is 3.37. The summed E-state index contributed by atoms with van der Waals surface area (Å²) < 4.78 is 0. The first kappa shape index (κ1) is 17.0. The predicted molar refractivity (Wildman–Crippen MR) is 98.5 cm³/mol.